The molecule has 39 heavy (non-hydrogen) atoms. The van der Waals surface area contributed by atoms with E-state index in [9.17, 15) is 18.0 Å². The van der Waals surface area contributed by atoms with Crippen molar-refractivity contribution in [1.82, 2.24) is 4.90 Å². The summed E-state index contributed by atoms with van der Waals surface area (Å²) in [6.07, 6.45) is -4.53. The summed E-state index contributed by atoms with van der Waals surface area (Å²) in [6.45, 7) is 4.14. The van der Waals surface area contributed by atoms with E-state index in [1.54, 1.807) is 54.3 Å². The van der Waals surface area contributed by atoms with E-state index in [1.165, 1.54) is 13.2 Å². The molecule has 0 atom stereocenters. The van der Waals surface area contributed by atoms with E-state index in [4.69, 9.17) is 19.9 Å². The van der Waals surface area contributed by atoms with Crippen molar-refractivity contribution in [3.63, 3.8) is 0 Å². The van der Waals surface area contributed by atoms with E-state index < -0.39 is 17.7 Å². The number of esters is 1. The Morgan fingerprint density at radius 2 is 1.74 bits per heavy atom. The minimum Gasteiger partial charge on any atom is -0.496 e. The first-order valence-electron chi connectivity index (χ1n) is 12.5. The fourth-order valence-electron chi connectivity index (χ4n) is 4.01. The summed E-state index contributed by atoms with van der Waals surface area (Å²) in [4.78, 5) is 18.0. The number of nitrogens with zero attached hydrogens (tertiary/aromatic N) is 2. The van der Waals surface area contributed by atoms with E-state index in [2.05, 4.69) is 4.99 Å². The molecule has 0 saturated carbocycles. The molecule has 3 aromatic carbocycles. The number of aliphatic imine (C=N–C) groups is 1. The van der Waals surface area contributed by atoms with Crippen LogP contribution in [0, 0.1) is 0 Å². The van der Waals surface area contributed by atoms with Gasteiger partial charge in [-0.1, -0.05) is 30.3 Å². The van der Waals surface area contributed by atoms with Gasteiger partial charge in [0.05, 0.1) is 32.4 Å². The summed E-state index contributed by atoms with van der Waals surface area (Å²) in [5.41, 5.74) is 6.95. The van der Waals surface area contributed by atoms with Gasteiger partial charge in [-0.25, -0.2) is 4.99 Å². The molecule has 0 saturated heterocycles. The molecule has 0 spiro atoms. The minimum absolute atomic E-state index is 0.0140. The molecular weight excluding hydrogens is 511 g/mol. The molecule has 7 nitrogen and oxygen atoms in total. The highest BCUT2D eigenvalue weighted by Crippen LogP contribution is 2.38. The smallest absolute Gasteiger partial charge is 0.416 e. The van der Waals surface area contributed by atoms with Gasteiger partial charge in [-0.3, -0.25) is 4.79 Å². The number of alkyl halides is 3. The molecule has 0 amide bonds. The zero-order valence-corrected chi connectivity index (χ0v) is 22.1. The molecule has 0 aliphatic carbocycles. The van der Waals surface area contributed by atoms with E-state index in [0.29, 0.717) is 40.3 Å². The molecule has 10 heteroatoms. The number of hydrogen-bond acceptors (Lipinski definition) is 6. The van der Waals surface area contributed by atoms with Crippen LogP contribution in [0.4, 0.5) is 13.2 Å². The quantitative estimate of drug-likeness (QED) is 0.202. The minimum atomic E-state index is -4.55. The summed E-state index contributed by atoms with van der Waals surface area (Å²) in [7, 11) is 1.48. The Morgan fingerprint density at radius 1 is 1.00 bits per heavy atom. The Balaban J connectivity index is 2.09. The van der Waals surface area contributed by atoms with Crippen molar-refractivity contribution in [3.8, 4) is 22.6 Å². The first kappa shape index (κ1) is 29.5. The van der Waals surface area contributed by atoms with Crippen molar-refractivity contribution in [2.75, 3.05) is 26.9 Å². The van der Waals surface area contributed by atoms with Crippen molar-refractivity contribution in [2.24, 2.45) is 10.7 Å². The fraction of sp³-hybridized carbons (Fsp3) is 0.310. The number of amidine groups is 1. The number of carbonyl (C=O) groups excluding carboxylic acids is 1. The van der Waals surface area contributed by atoms with Crippen molar-refractivity contribution < 1.29 is 32.2 Å². The highest BCUT2D eigenvalue weighted by Gasteiger charge is 2.32. The lowest BCUT2D eigenvalue weighted by Crippen LogP contribution is -2.35. The van der Waals surface area contributed by atoms with Crippen LogP contribution in [0.2, 0.25) is 0 Å². The van der Waals surface area contributed by atoms with Gasteiger partial charge >= 0.3 is 12.1 Å². The first-order chi connectivity index (χ1) is 18.7. The number of carbonyl (C=O) groups is 1. The number of rotatable bonds is 10. The Morgan fingerprint density at radius 3 is 2.36 bits per heavy atom. The van der Waals surface area contributed by atoms with Gasteiger partial charge in [-0.2, -0.15) is 13.2 Å². The zero-order valence-electron chi connectivity index (χ0n) is 22.1. The summed E-state index contributed by atoms with van der Waals surface area (Å²) in [5.74, 6) is 0.558. The standard InChI is InChI=1S/C29H32F3N3O4/c1-4-35(28(34-19-33)39-23-9-7-6-8-10-23)18-21-17-22(29(30,31)32)12-13-24(21)25-15-20(11-14-26(25)37-3)16-27(36)38-5-2/h6-15,17H,4-5,16,18-19,33H2,1-3H3. The summed E-state index contributed by atoms with van der Waals surface area (Å²) < 4.78 is 57.8. The maximum absolute atomic E-state index is 13.8. The van der Waals surface area contributed by atoms with Crippen molar-refractivity contribution in [2.45, 2.75) is 33.0 Å². The summed E-state index contributed by atoms with van der Waals surface area (Å²) in [6, 6.07) is 17.8. The molecule has 0 heterocycles. The molecule has 0 aromatic heterocycles. The normalized spacial score (nSPS) is 11.7. The predicted molar refractivity (Wildman–Crippen MR) is 143 cm³/mol. The van der Waals surface area contributed by atoms with Crippen molar-refractivity contribution >= 4 is 12.0 Å². The van der Waals surface area contributed by atoms with Gasteiger partial charge in [0, 0.05) is 18.7 Å². The highest BCUT2D eigenvalue weighted by molar-refractivity contribution is 5.79. The Labute approximate surface area is 226 Å². The summed E-state index contributed by atoms with van der Waals surface area (Å²) >= 11 is 0. The number of benzene rings is 3. The van der Waals surface area contributed by atoms with Gasteiger partial charge in [0.25, 0.3) is 6.02 Å². The van der Waals surface area contributed by atoms with Crippen molar-refractivity contribution in [3.05, 3.63) is 83.4 Å². The van der Waals surface area contributed by atoms with Gasteiger partial charge in [0.2, 0.25) is 0 Å². The average Bonchev–Trinajstić information content (AvgIpc) is 2.91. The van der Waals surface area contributed by atoms with E-state index in [1.807, 2.05) is 13.0 Å². The van der Waals surface area contributed by atoms with E-state index in [0.717, 1.165) is 12.1 Å². The van der Waals surface area contributed by atoms with Crippen LogP contribution in [0.25, 0.3) is 11.1 Å². The molecule has 0 aliphatic heterocycles. The second-order valence-corrected chi connectivity index (χ2v) is 8.44. The van der Waals surface area contributed by atoms with Crippen LogP contribution in [0.1, 0.15) is 30.5 Å². The Bertz CT molecular complexity index is 1280. The van der Waals surface area contributed by atoms with Crippen molar-refractivity contribution in [1.29, 1.82) is 0 Å². The second-order valence-electron chi connectivity index (χ2n) is 8.44. The third-order valence-electron chi connectivity index (χ3n) is 5.83. The average molecular weight is 544 g/mol. The number of hydrogen-bond donors (Lipinski definition) is 1. The number of halogens is 3. The Hall–Kier alpha value is -4.05. The lowest BCUT2D eigenvalue weighted by molar-refractivity contribution is -0.142. The van der Waals surface area contributed by atoms with Crippen LogP contribution in [-0.2, 0) is 28.7 Å². The largest absolute Gasteiger partial charge is 0.496 e. The first-order valence-corrected chi connectivity index (χ1v) is 12.5. The molecule has 3 rings (SSSR count). The highest BCUT2D eigenvalue weighted by atomic mass is 19.4. The molecule has 3 aromatic rings. The molecule has 0 unspecified atom stereocenters. The maximum atomic E-state index is 13.8. The van der Waals surface area contributed by atoms with Gasteiger partial charge in [0.1, 0.15) is 11.5 Å². The van der Waals surface area contributed by atoms with Gasteiger partial charge in [-0.15, -0.1) is 0 Å². The molecule has 208 valence electrons. The third kappa shape index (κ3) is 7.97. The number of ether oxygens (including phenoxy) is 3. The van der Waals surface area contributed by atoms with Crippen LogP contribution in [0.3, 0.4) is 0 Å². The van der Waals surface area contributed by atoms with Crippen LogP contribution in [0.5, 0.6) is 11.5 Å². The monoisotopic (exact) mass is 543 g/mol. The Kier molecular flexibility index (Phi) is 10.3. The van der Waals surface area contributed by atoms with Crippen LogP contribution >= 0.6 is 0 Å². The zero-order chi connectivity index (χ0) is 28.4. The third-order valence-corrected chi connectivity index (χ3v) is 5.83. The van der Waals surface area contributed by atoms with Crippen LogP contribution in [-0.4, -0.2) is 43.8 Å². The van der Waals surface area contributed by atoms with Crippen LogP contribution < -0.4 is 15.2 Å². The summed E-state index contributed by atoms with van der Waals surface area (Å²) in [5, 5.41) is 0. The predicted octanol–water partition coefficient (Wildman–Crippen LogP) is 5.66. The van der Waals surface area contributed by atoms with Gasteiger partial charge < -0.3 is 24.8 Å². The topological polar surface area (TPSA) is 86.4 Å². The molecule has 2 N–H and O–H groups in total. The maximum Gasteiger partial charge on any atom is 0.416 e. The second kappa shape index (κ2) is 13.7. The fourth-order valence-corrected chi connectivity index (χ4v) is 4.01. The molecule has 0 fully saturated rings. The van der Waals surface area contributed by atoms with E-state index >= 15 is 0 Å². The number of para-hydroxylation sites is 1. The number of methoxy groups -OCH3 is 1. The van der Waals surface area contributed by atoms with Crippen LogP contribution in [0.15, 0.2) is 71.7 Å². The van der Waals surface area contributed by atoms with Gasteiger partial charge in [-0.05, 0) is 66.9 Å². The SMILES string of the molecule is CCOC(=O)Cc1ccc(OC)c(-c2ccc(C(F)(F)F)cc2CN(CC)C(=NCN)Oc2ccccc2)c1. The molecule has 0 radical (unpaired) electrons. The molecular formula is C29H32F3N3O4. The number of nitrogens with two attached hydrogens (primary N) is 1. The van der Waals surface area contributed by atoms with Gasteiger partial charge in [0.15, 0.2) is 0 Å². The lowest BCUT2D eigenvalue weighted by atomic mass is 9.94. The van der Waals surface area contributed by atoms with E-state index in [-0.39, 0.29) is 32.3 Å². The molecule has 0 bridgehead atoms. The lowest BCUT2D eigenvalue weighted by Gasteiger charge is -2.26. The molecule has 0 aliphatic rings.